The van der Waals surface area contributed by atoms with Gasteiger partial charge in [-0.1, -0.05) is 49.5 Å². The molecule has 2 rings (SSSR count). The fourth-order valence-electron chi connectivity index (χ4n) is 2.16. The Kier molecular flexibility index (Phi) is 3.24. The van der Waals surface area contributed by atoms with Gasteiger partial charge in [0.1, 0.15) is 4.99 Å². The van der Waals surface area contributed by atoms with Crippen molar-refractivity contribution in [2.24, 2.45) is 5.92 Å². The van der Waals surface area contributed by atoms with Crippen LogP contribution in [-0.2, 0) is 0 Å². The van der Waals surface area contributed by atoms with Crippen molar-refractivity contribution >= 4 is 17.2 Å². The van der Waals surface area contributed by atoms with E-state index in [1.165, 1.54) is 5.56 Å². The minimum atomic E-state index is -0.957. The van der Waals surface area contributed by atoms with Crippen LogP contribution < -0.4 is 0 Å². The van der Waals surface area contributed by atoms with Gasteiger partial charge < -0.3 is 4.90 Å². The molecule has 1 fully saturated rings. The highest BCUT2D eigenvalue weighted by Gasteiger charge is 2.36. The van der Waals surface area contributed by atoms with Crippen LogP contribution in [0.1, 0.15) is 25.5 Å². The van der Waals surface area contributed by atoms with E-state index in [1.807, 2.05) is 30.0 Å². The van der Waals surface area contributed by atoms with Gasteiger partial charge in [-0.15, -0.1) is 0 Å². The van der Waals surface area contributed by atoms with Gasteiger partial charge in [0, 0.05) is 12.5 Å². The summed E-state index contributed by atoms with van der Waals surface area (Å²) >= 11 is 5.17. The summed E-state index contributed by atoms with van der Waals surface area (Å²) in [7, 11) is 0. The maximum atomic E-state index is 13.7. The van der Waals surface area contributed by atoms with Crippen LogP contribution in [0.15, 0.2) is 30.3 Å². The Morgan fingerprint density at radius 3 is 2.50 bits per heavy atom. The molecule has 1 aromatic rings. The molecule has 86 valence electrons. The lowest BCUT2D eigenvalue weighted by Gasteiger charge is -2.26. The highest BCUT2D eigenvalue weighted by molar-refractivity contribution is 7.80. The van der Waals surface area contributed by atoms with Gasteiger partial charge in [0.05, 0.1) is 6.04 Å². The minimum absolute atomic E-state index is 0.0127. The number of benzene rings is 1. The molecule has 1 nitrogen and oxygen atoms in total. The summed E-state index contributed by atoms with van der Waals surface area (Å²) in [5.74, 6) is 0.0127. The summed E-state index contributed by atoms with van der Waals surface area (Å²) < 4.78 is 13.7. The second-order valence-electron chi connectivity index (χ2n) is 4.46. The highest BCUT2D eigenvalue weighted by atomic mass is 32.1. The molecule has 0 saturated carbocycles. The van der Waals surface area contributed by atoms with E-state index in [0.29, 0.717) is 4.99 Å². The number of nitrogens with zero attached hydrogens (tertiary/aromatic N) is 1. The van der Waals surface area contributed by atoms with Crippen LogP contribution in [0.3, 0.4) is 0 Å². The van der Waals surface area contributed by atoms with Gasteiger partial charge >= 0.3 is 0 Å². The van der Waals surface area contributed by atoms with Crippen molar-refractivity contribution in [3.8, 4) is 0 Å². The number of thiocarbonyl (C=S) groups is 1. The van der Waals surface area contributed by atoms with Crippen LogP contribution >= 0.6 is 12.2 Å². The first-order valence-electron chi connectivity index (χ1n) is 5.60. The summed E-state index contributed by atoms with van der Waals surface area (Å²) in [4.78, 5) is 2.46. The topological polar surface area (TPSA) is 3.24 Å². The van der Waals surface area contributed by atoms with Crippen LogP contribution in [0.25, 0.3) is 0 Å². The van der Waals surface area contributed by atoms with Gasteiger partial charge in [0.2, 0.25) is 0 Å². The summed E-state index contributed by atoms with van der Waals surface area (Å²) in [6, 6.07) is 10.3. The first kappa shape index (κ1) is 11.5. The molecule has 3 heteroatoms. The lowest BCUT2D eigenvalue weighted by atomic mass is 10.1. The van der Waals surface area contributed by atoms with Crippen molar-refractivity contribution in [2.75, 3.05) is 6.54 Å². The normalized spacial score (nSPS) is 27.2. The molecule has 1 saturated heterocycles. The van der Waals surface area contributed by atoms with Crippen LogP contribution in [0.4, 0.5) is 4.39 Å². The number of rotatable bonds is 2. The zero-order valence-electron chi connectivity index (χ0n) is 9.56. The Balaban J connectivity index is 2.18. The van der Waals surface area contributed by atoms with E-state index in [0.717, 1.165) is 6.54 Å². The molecule has 1 heterocycles. The van der Waals surface area contributed by atoms with Crippen molar-refractivity contribution in [1.82, 2.24) is 4.90 Å². The van der Waals surface area contributed by atoms with Gasteiger partial charge in [-0.3, -0.25) is 0 Å². The van der Waals surface area contributed by atoms with Crippen molar-refractivity contribution in [3.05, 3.63) is 35.9 Å². The molecular weight excluding hydrogens is 221 g/mol. The smallest absolute Gasteiger partial charge is 0.154 e. The Hall–Kier alpha value is -0.960. The van der Waals surface area contributed by atoms with E-state index in [9.17, 15) is 4.39 Å². The van der Waals surface area contributed by atoms with E-state index in [-0.39, 0.29) is 12.0 Å². The van der Waals surface area contributed by atoms with Crippen LogP contribution in [-0.4, -0.2) is 22.6 Å². The maximum absolute atomic E-state index is 13.7. The summed E-state index contributed by atoms with van der Waals surface area (Å²) in [5.41, 5.74) is 1.19. The first-order valence-corrected chi connectivity index (χ1v) is 6.01. The minimum Gasteiger partial charge on any atom is -0.357 e. The van der Waals surface area contributed by atoms with Gasteiger partial charge in [-0.2, -0.15) is 0 Å². The summed E-state index contributed by atoms with van der Waals surface area (Å²) in [5, 5.41) is 0. The standard InChI is InChI=1S/C13H16FNS/c1-9-8-15(13(16)12(9)14)10(2)11-6-4-3-5-7-11/h3-7,9-10,12H,8H2,1-2H3/t9?,10-,12?/m0/s1. The van der Waals surface area contributed by atoms with Gasteiger partial charge in [0.15, 0.2) is 6.17 Å². The van der Waals surface area contributed by atoms with Crippen LogP contribution in [0.5, 0.6) is 0 Å². The molecular formula is C13H16FNS. The molecule has 0 radical (unpaired) electrons. The lowest BCUT2D eigenvalue weighted by molar-refractivity contribution is 0.312. The molecule has 0 spiro atoms. The number of alkyl halides is 1. The van der Waals surface area contributed by atoms with E-state index in [4.69, 9.17) is 12.2 Å². The molecule has 0 bridgehead atoms. The average molecular weight is 237 g/mol. The van der Waals surface area contributed by atoms with E-state index in [1.54, 1.807) is 0 Å². The van der Waals surface area contributed by atoms with E-state index < -0.39 is 6.17 Å². The molecule has 1 aliphatic rings. The zero-order chi connectivity index (χ0) is 11.7. The molecule has 0 aliphatic carbocycles. The molecule has 3 atom stereocenters. The summed E-state index contributed by atoms with van der Waals surface area (Å²) in [6.07, 6.45) is -0.957. The Bertz CT molecular complexity index is 379. The average Bonchev–Trinajstić information content (AvgIpc) is 2.57. The van der Waals surface area contributed by atoms with E-state index >= 15 is 0 Å². The SMILES string of the molecule is CC1CN([C@@H](C)c2ccccc2)C(=S)C1F. The van der Waals surface area contributed by atoms with Crippen molar-refractivity contribution in [1.29, 1.82) is 0 Å². The largest absolute Gasteiger partial charge is 0.357 e. The van der Waals surface area contributed by atoms with Crippen molar-refractivity contribution in [3.63, 3.8) is 0 Å². The maximum Gasteiger partial charge on any atom is 0.154 e. The molecule has 0 N–H and O–H groups in total. The van der Waals surface area contributed by atoms with E-state index in [2.05, 4.69) is 19.1 Å². The number of halogens is 1. The zero-order valence-corrected chi connectivity index (χ0v) is 10.4. The van der Waals surface area contributed by atoms with Gasteiger partial charge in [-0.25, -0.2) is 4.39 Å². The van der Waals surface area contributed by atoms with Crippen LogP contribution in [0.2, 0.25) is 0 Å². The van der Waals surface area contributed by atoms with Gasteiger partial charge in [0.25, 0.3) is 0 Å². The fraction of sp³-hybridized carbons (Fsp3) is 0.462. The summed E-state index contributed by atoms with van der Waals surface area (Å²) in [6.45, 7) is 4.71. The second-order valence-corrected chi connectivity index (χ2v) is 4.87. The third kappa shape index (κ3) is 1.96. The van der Waals surface area contributed by atoms with Gasteiger partial charge in [-0.05, 0) is 12.5 Å². The Labute approximate surface area is 101 Å². The third-order valence-corrected chi connectivity index (χ3v) is 3.71. The Morgan fingerprint density at radius 1 is 1.38 bits per heavy atom. The van der Waals surface area contributed by atoms with Crippen molar-refractivity contribution < 1.29 is 4.39 Å². The molecule has 2 unspecified atom stereocenters. The molecule has 1 aliphatic heterocycles. The molecule has 16 heavy (non-hydrogen) atoms. The van der Waals surface area contributed by atoms with Crippen molar-refractivity contribution in [2.45, 2.75) is 26.1 Å². The lowest BCUT2D eigenvalue weighted by Crippen LogP contribution is -2.29. The number of hydrogen-bond donors (Lipinski definition) is 0. The predicted octanol–water partition coefficient (Wildman–Crippen LogP) is 3.36. The highest BCUT2D eigenvalue weighted by Crippen LogP contribution is 2.30. The quantitative estimate of drug-likeness (QED) is 0.726. The molecule has 1 aromatic carbocycles. The molecule has 0 aromatic heterocycles. The first-order chi connectivity index (χ1) is 7.61. The molecule has 0 amide bonds. The second kappa shape index (κ2) is 4.50. The number of hydrogen-bond acceptors (Lipinski definition) is 1. The Morgan fingerprint density at radius 2 is 2.00 bits per heavy atom. The third-order valence-electron chi connectivity index (χ3n) is 3.25. The monoisotopic (exact) mass is 237 g/mol. The number of likely N-dealkylation sites (tertiary alicyclic amines) is 1. The fourth-order valence-corrected chi connectivity index (χ4v) is 2.62. The van der Waals surface area contributed by atoms with Crippen LogP contribution in [0, 0.1) is 5.92 Å². The predicted molar refractivity (Wildman–Crippen MR) is 68.2 cm³/mol.